The smallest absolute Gasteiger partial charge is 0.224 e. The predicted molar refractivity (Wildman–Crippen MR) is 68.4 cm³/mol. The molecule has 1 rings (SSSR count). The summed E-state index contributed by atoms with van der Waals surface area (Å²) in [5.74, 6) is 0.184. The molecule has 1 aliphatic rings. The minimum atomic E-state index is -0.155. The van der Waals surface area contributed by atoms with Gasteiger partial charge in [0.1, 0.15) is 0 Å². The van der Waals surface area contributed by atoms with Crippen LogP contribution in [0, 0.1) is 11.8 Å². The first kappa shape index (κ1) is 14.5. The zero-order valence-electron chi connectivity index (χ0n) is 11.0. The lowest BCUT2D eigenvalue weighted by molar-refractivity contribution is -0.127. The number of nitrogens with one attached hydrogen (secondary N) is 1. The van der Waals surface area contributed by atoms with Gasteiger partial charge in [0.2, 0.25) is 5.91 Å². The van der Waals surface area contributed by atoms with Gasteiger partial charge in [0, 0.05) is 6.04 Å². The maximum Gasteiger partial charge on any atom is 0.224 e. The van der Waals surface area contributed by atoms with Crippen molar-refractivity contribution >= 4 is 5.91 Å². The zero-order chi connectivity index (χ0) is 12.8. The summed E-state index contributed by atoms with van der Waals surface area (Å²) in [6.07, 6.45) is 5.19. The number of aliphatic hydroxyl groups excluding tert-OH is 1. The predicted octanol–water partition coefficient (Wildman–Crippen LogP) is 1.03. The fourth-order valence-electron chi connectivity index (χ4n) is 2.37. The maximum atomic E-state index is 12.1. The Bertz CT molecular complexity index is 244. The molecule has 4 N–H and O–H groups in total. The first-order chi connectivity index (χ1) is 8.06. The summed E-state index contributed by atoms with van der Waals surface area (Å²) in [4.78, 5) is 12.1. The lowest BCUT2D eigenvalue weighted by Gasteiger charge is -2.25. The maximum absolute atomic E-state index is 12.1. The first-order valence-corrected chi connectivity index (χ1v) is 6.73. The van der Waals surface area contributed by atoms with Crippen molar-refractivity contribution < 1.29 is 9.90 Å². The molecule has 3 atom stereocenters. The molecule has 0 bridgehead atoms. The molecule has 1 saturated carbocycles. The number of amides is 1. The molecule has 1 fully saturated rings. The van der Waals surface area contributed by atoms with Crippen molar-refractivity contribution in [1.82, 2.24) is 5.32 Å². The molecular formula is C13H26N2O2. The van der Waals surface area contributed by atoms with Gasteiger partial charge in [-0.2, -0.15) is 0 Å². The second-order valence-electron chi connectivity index (χ2n) is 5.45. The highest BCUT2D eigenvalue weighted by atomic mass is 16.3. The summed E-state index contributed by atoms with van der Waals surface area (Å²) in [6, 6.07) is -0.179. The topological polar surface area (TPSA) is 75.3 Å². The number of hydrogen-bond donors (Lipinski definition) is 3. The van der Waals surface area contributed by atoms with Crippen molar-refractivity contribution in [3.63, 3.8) is 0 Å². The minimum absolute atomic E-state index is 0.00857. The first-order valence-electron chi connectivity index (χ1n) is 6.73. The molecule has 17 heavy (non-hydrogen) atoms. The van der Waals surface area contributed by atoms with Crippen LogP contribution in [0.5, 0.6) is 0 Å². The van der Waals surface area contributed by atoms with E-state index in [1.165, 1.54) is 6.42 Å². The normalized spacial score (nSPS) is 27.6. The molecule has 0 aromatic carbocycles. The SMILES string of the molecule is CC(C)C(CO)NC(=O)C1CCCCCC1N. The van der Waals surface area contributed by atoms with E-state index in [1.807, 2.05) is 13.8 Å². The molecule has 0 aliphatic heterocycles. The highest BCUT2D eigenvalue weighted by molar-refractivity contribution is 5.79. The van der Waals surface area contributed by atoms with Crippen molar-refractivity contribution in [2.75, 3.05) is 6.61 Å². The summed E-state index contributed by atoms with van der Waals surface area (Å²) in [5, 5.41) is 12.1. The molecule has 0 radical (unpaired) electrons. The Kier molecular flexibility index (Phi) is 5.92. The van der Waals surface area contributed by atoms with Crippen LogP contribution >= 0.6 is 0 Å². The van der Waals surface area contributed by atoms with Crippen LogP contribution in [0.3, 0.4) is 0 Å². The molecular weight excluding hydrogens is 216 g/mol. The number of nitrogens with two attached hydrogens (primary N) is 1. The van der Waals surface area contributed by atoms with E-state index in [-0.39, 0.29) is 36.4 Å². The van der Waals surface area contributed by atoms with Crippen LogP contribution in [0.2, 0.25) is 0 Å². The second-order valence-corrected chi connectivity index (χ2v) is 5.45. The minimum Gasteiger partial charge on any atom is -0.394 e. The van der Waals surface area contributed by atoms with Gasteiger partial charge in [0.15, 0.2) is 0 Å². The molecule has 1 amide bonds. The van der Waals surface area contributed by atoms with Crippen molar-refractivity contribution in [2.45, 2.75) is 58.0 Å². The van der Waals surface area contributed by atoms with E-state index in [9.17, 15) is 9.90 Å². The van der Waals surface area contributed by atoms with E-state index in [0.29, 0.717) is 0 Å². The van der Waals surface area contributed by atoms with Crippen LogP contribution in [0.4, 0.5) is 0 Å². The fraction of sp³-hybridized carbons (Fsp3) is 0.923. The standard InChI is InChI=1S/C13H26N2O2/c1-9(2)12(8-16)15-13(17)10-6-4-3-5-7-11(10)14/h9-12,16H,3-8,14H2,1-2H3,(H,15,17). The van der Waals surface area contributed by atoms with E-state index < -0.39 is 0 Å². The summed E-state index contributed by atoms with van der Waals surface area (Å²) in [5.41, 5.74) is 6.05. The summed E-state index contributed by atoms with van der Waals surface area (Å²) in [7, 11) is 0. The Balaban J connectivity index is 2.55. The Hall–Kier alpha value is -0.610. The summed E-state index contributed by atoms with van der Waals surface area (Å²) in [6.45, 7) is 3.98. The van der Waals surface area contributed by atoms with Crippen LogP contribution in [-0.2, 0) is 4.79 Å². The van der Waals surface area contributed by atoms with Crippen LogP contribution < -0.4 is 11.1 Å². The fourth-order valence-corrected chi connectivity index (χ4v) is 2.37. The molecule has 4 nitrogen and oxygen atoms in total. The Labute approximate surface area is 104 Å². The second kappa shape index (κ2) is 6.97. The quantitative estimate of drug-likeness (QED) is 0.644. The van der Waals surface area contributed by atoms with Crippen molar-refractivity contribution in [3.05, 3.63) is 0 Å². The monoisotopic (exact) mass is 242 g/mol. The third kappa shape index (κ3) is 4.28. The molecule has 0 aromatic heterocycles. The van der Waals surface area contributed by atoms with E-state index in [0.717, 1.165) is 25.7 Å². The van der Waals surface area contributed by atoms with Gasteiger partial charge in [-0.25, -0.2) is 0 Å². The molecule has 100 valence electrons. The van der Waals surface area contributed by atoms with Gasteiger partial charge in [-0.3, -0.25) is 4.79 Å². The molecule has 0 spiro atoms. The molecule has 0 aromatic rings. The van der Waals surface area contributed by atoms with E-state index in [1.54, 1.807) is 0 Å². The lowest BCUT2D eigenvalue weighted by Crippen LogP contribution is -2.48. The summed E-state index contributed by atoms with van der Waals surface area (Å²) < 4.78 is 0. The van der Waals surface area contributed by atoms with Gasteiger partial charge < -0.3 is 16.2 Å². The van der Waals surface area contributed by atoms with Gasteiger partial charge in [0.05, 0.1) is 18.6 Å². The number of aliphatic hydroxyl groups is 1. The average molecular weight is 242 g/mol. The van der Waals surface area contributed by atoms with E-state index >= 15 is 0 Å². The lowest BCUT2D eigenvalue weighted by atomic mass is 9.93. The summed E-state index contributed by atoms with van der Waals surface area (Å²) >= 11 is 0. The van der Waals surface area contributed by atoms with Crippen molar-refractivity contribution in [3.8, 4) is 0 Å². The molecule has 1 aliphatic carbocycles. The largest absolute Gasteiger partial charge is 0.394 e. The van der Waals surface area contributed by atoms with Crippen molar-refractivity contribution in [1.29, 1.82) is 0 Å². The zero-order valence-corrected chi connectivity index (χ0v) is 11.0. The van der Waals surface area contributed by atoms with E-state index in [2.05, 4.69) is 5.32 Å². The third-order valence-corrected chi connectivity index (χ3v) is 3.74. The van der Waals surface area contributed by atoms with Gasteiger partial charge >= 0.3 is 0 Å². The number of carbonyl (C=O) groups excluding carboxylic acids is 1. The van der Waals surface area contributed by atoms with E-state index in [4.69, 9.17) is 5.73 Å². The molecule has 4 heteroatoms. The third-order valence-electron chi connectivity index (χ3n) is 3.74. The number of rotatable bonds is 4. The van der Waals surface area contributed by atoms with Crippen molar-refractivity contribution in [2.24, 2.45) is 17.6 Å². The number of hydrogen-bond acceptors (Lipinski definition) is 3. The van der Waals surface area contributed by atoms with Crippen LogP contribution in [0.25, 0.3) is 0 Å². The molecule has 0 heterocycles. The average Bonchev–Trinajstić information content (AvgIpc) is 2.50. The molecule has 3 unspecified atom stereocenters. The van der Waals surface area contributed by atoms with Gasteiger partial charge in [-0.05, 0) is 18.8 Å². The van der Waals surface area contributed by atoms with Crippen LogP contribution in [0.15, 0.2) is 0 Å². The van der Waals surface area contributed by atoms with Gasteiger partial charge in [-0.15, -0.1) is 0 Å². The Morgan fingerprint density at radius 3 is 2.59 bits per heavy atom. The molecule has 0 saturated heterocycles. The highest BCUT2D eigenvalue weighted by Gasteiger charge is 2.28. The van der Waals surface area contributed by atoms with Crippen LogP contribution in [-0.4, -0.2) is 29.7 Å². The van der Waals surface area contributed by atoms with Gasteiger partial charge in [-0.1, -0.05) is 33.1 Å². The van der Waals surface area contributed by atoms with Gasteiger partial charge in [0.25, 0.3) is 0 Å². The van der Waals surface area contributed by atoms with Crippen LogP contribution in [0.1, 0.15) is 46.0 Å². The Morgan fingerprint density at radius 1 is 1.35 bits per heavy atom. The highest BCUT2D eigenvalue weighted by Crippen LogP contribution is 2.22. The Morgan fingerprint density at radius 2 is 2.00 bits per heavy atom. The number of carbonyl (C=O) groups is 1.